The first-order valence-corrected chi connectivity index (χ1v) is 2.92. The van der Waals surface area contributed by atoms with E-state index in [1.165, 1.54) is 0 Å². The molecule has 0 saturated carbocycles. The van der Waals surface area contributed by atoms with Gasteiger partial charge in [-0.15, -0.1) is 0 Å². The molecule has 0 rings (SSSR count). The van der Waals surface area contributed by atoms with Gasteiger partial charge in [-0.3, -0.25) is 9.59 Å². The number of aliphatic carboxylic acids is 2. The number of carboxylic acids is 2. The Morgan fingerprint density at radius 1 is 1.09 bits per heavy atom. The van der Waals surface area contributed by atoms with Crippen molar-refractivity contribution in [2.75, 3.05) is 0 Å². The van der Waals surface area contributed by atoms with Crippen LogP contribution in [0.4, 0.5) is 0 Å². The van der Waals surface area contributed by atoms with Gasteiger partial charge in [-0.25, -0.2) is 0 Å². The number of carbonyl (C=O) groups is 2. The van der Waals surface area contributed by atoms with Gasteiger partial charge in [0.25, 0.3) is 0 Å². The van der Waals surface area contributed by atoms with E-state index in [0.717, 1.165) is 0 Å². The summed E-state index contributed by atoms with van der Waals surface area (Å²) < 4.78 is 0. The Kier molecular flexibility index (Phi) is 6.24. The van der Waals surface area contributed by atoms with Gasteiger partial charge in [0, 0.05) is 0 Å². The molecule has 0 aromatic carbocycles. The molecule has 0 unspecified atom stereocenters. The van der Waals surface area contributed by atoms with Gasteiger partial charge in [-0.1, -0.05) is 13.8 Å². The summed E-state index contributed by atoms with van der Waals surface area (Å²) in [6.45, 7) is 3.12. The molecule has 0 aromatic heterocycles. The second-order valence-corrected chi connectivity index (χ2v) is 2.40. The zero-order chi connectivity index (χ0) is 8.31. The SMILES string of the molecule is CC(C)C(C(=O)O)C(=O)O.[LiH]. The van der Waals surface area contributed by atoms with E-state index in [9.17, 15) is 9.59 Å². The van der Waals surface area contributed by atoms with Crippen molar-refractivity contribution in [3.8, 4) is 0 Å². The first-order valence-electron chi connectivity index (χ1n) is 2.92. The second kappa shape index (κ2) is 5.22. The first kappa shape index (κ1) is 13.2. The fourth-order valence-electron chi connectivity index (χ4n) is 0.676. The minimum absolute atomic E-state index is 0. The van der Waals surface area contributed by atoms with Crippen molar-refractivity contribution in [1.82, 2.24) is 0 Å². The van der Waals surface area contributed by atoms with Crippen molar-refractivity contribution in [2.24, 2.45) is 11.8 Å². The summed E-state index contributed by atoms with van der Waals surface area (Å²) in [5, 5.41) is 16.7. The summed E-state index contributed by atoms with van der Waals surface area (Å²) in [4.78, 5) is 20.4. The summed E-state index contributed by atoms with van der Waals surface area (Å²) in [5.41, 5.74) is 0. The molecule has 0 spiro atoms. The molecule has 0 bridgehead atoms. The van der Waals surface area contributed by atoms with Crippen LogP contribution in [0, 0.1) is 11.8 Å². The predicted octanol–water partition coefficient (Wildman–Crippen LogP) is -0.221. The van der Waals surface area contributed by atoms with Crippen molar-refractivity contribution in [2.45, 2.75) is 13.8 Å². The van der Waals surface area contributed by atoms with Crippen LogP contribution in [-0.2, 0) is 9.59 Å². The van der Waals surface area contributed by atoms with Gasteiger partial charge in [0.1, 0.15) is 0 Å². The molecule has 0 saturated heterocycles. The molecule has 0 radical (unpaired) electrons. The molecule has 11 heavy (non-hydrogen) atoms. The molecular formula is C6H11LiO4. The van der Waals surface area contributed by atoms with Crippen molar-refractivity contribution >= 4 is 30.8 Å². The molecule has 0 aliphatic rings. The summed E-state index contributed by atoms with van der Waals surface area (Å²) in [6, 6.07) is 0. The zero-order valence-electron chi connectivity index (χ0n) is 5.87. The summed E-state index contributed by atoms with van der Waals surface area (Å²) >= 11 is 0. The van der Waals surface area contributed by atoms with Crippen LogP contribution < -0.4 is 0 Å². The Morgan fingerprint density at radius 2 is 1.36 bits per heavy atom. The quantitative estimate of drug-likeness (QED) is 0.435. The zero-order valence-corrected chi connectivity index (χ0v) is 5.87. The normalized spacial score (nSPS) is 9.45. The van der Waals surface area contributed by atoms with Crippen molar-refractivity contribution in [3.63, 3.8) is 0 Å². The molecule has 2 N–H and O–H groups in total. The molecule has 0 atom stereocenters. The van der Waals surface area contributed by atoms with E-state index in [1.807, 2.05) is 0 Å². The fraction of sp³-hybridized carbons (Fsp3) is 0.667. The predicted molar refractivity (Wildman–Crippen MR) is 40.7 cm³/mol. The summed E-state index contributed by atoms with van der Waals surface area (Å²) in [5.74, 6) is -4.19. The van der Waals surface area contributed by atoms with Gasteiger partial charge in [-0.05, 0) is 5.92 Å². The van der Waals surface area contributed by atoms with Gasteiger partial charge < -0.3 is 10.2 Å². The van der Waals surface area contributed by atoms with Crippen LogP contribution in [0.2, 0.25) is 0 Å². The maximum absolute atomic E-state index is 10.2. The minimum atomic E-state index is -1.28. The third-order valence-electron chi connectivity index (χ3n) is 1.20. The molecule has 5 heteroatoms. The Morgan fingerprint density at radius 3 is 1.36 bits per heavy atom. The number of hydrogen-bond acceptors (Lipinski definition) is 2. The van der Waals surface area contributed by atoms with Crippen molar-refractivity contribution in [3.05, 3.63) is 0 Å². The molecule has 0 aliphatic heterocycles. The average Bonchev–Trinajstić information content (AvgIpc) is 1.59. The fourth-order valence-corrected chi connectivity index (χ4v) is 0.676. The van der Waals surface area contributed by atoms with E-state index in [0.29, 0.717) is 0 Å². The molecule has 60 valence electrons. The van der Waals surface area contributed by atoms with Crippen LogP contribution in [0.15, 0.2) is 0 Å². The van der Waals surface area contributed by atoms with Gasteiger partial charge in [0.05, 0.1) is 0 Å². The van der Waals surface area contributed by atoms with E-state index in [4.69, 9.17) is 10.2 Å². The molecule has 0 amide bonds. The van der Waals surface area contributed by atoms with E-state index in [1.54, 1.807) is 13.8 Å². The van der Waals surface area contributed by atoms with Crippen LogP contribution in [0.5, 0.6) is 0 Å². The molecule has 0 aliphatic carbocycles. The van der Waals surface area contributed by atoms with E-state index in [-0.39, 0.29) is 24.8 Å². The number of hydrogen-bond donors (Lipinski definition) is 2. The molecule has 4 nitrogen and oxygen atoms in total. The van der Waals surface area contributed by atoms with Crippen LogP contribution >= 0.6 is 0 Å². The van der Waals surface area contributed by atoms with E-state index < -0.39 is 17.9 Å². The van der Waals surface area contributed by atoms with Crippen LogP contribution in [0.3, 0.4) is 0 Å². The summed E-state index contributed by atoms with van der Waals surface area (Å²) in [7, 11) is 0. The van der Waals surface area contributed by atoms with Crippen LogP contribution in [0.1, 0.15) is 13.8 Å². The summed E-state index contributed by atoms with van der Waals surface area (Å²) in [6.07, 6.45) is 0. The van der Waals surface area contributed by atoms with Gasteiger partial charge in [0.15, 0.2) is 5.92 Å². The van der Waals surface area contributed by atoms with Gasteiger partial charge in [-0.2, -0.15) is 0 Å². The molecule has 0 aromatic rings. The molecular weight excluding hydrogens is 143 g/mol. The Hall–Kier alpha value is -0.463. The average molecular weight is 154 g/mol. The number of rotatable bonds is 3. The van der Waals surface area contributed by atoms with Crippen molar-refractivity contribution in [1.29, 1.82) is 0 Å². The van der Waals surface area contributed by atoms with E-state index >= 15 is 0 Å². The number of carboxylic acid groups (broad SMARTS) is 2. The Bertz CT molecular complexity index is 141. The van der Waals surface area contributed by atoms with Crippen LogP contribution in [0.25, 0.3) is 0 Å². The first-order chi connectivity index (χ1) is 4.46. The Labute approximate surface area is 76.8 Å². The van der Waals surface area contributed by atoms with E-state index in [2.05, 4.69) is 0 Å². The monoisotopic (exact) mass is 154 g/mol. The third kappa shape index (κ3) is 4.07. The topological polar surface area (TPSA) is 74.6 Å². The van der Waals surface area contributed by atoms with Gasteiger partial charge in [0.2, 0.25) is 0 Å². The molecule has 0 heterocycles. The van der Waals surface area contributed by atoms with Crippen molar-refractivity contribution < 1.29 is 19.8 Å². The van der Waals surface area contributed by atoms with Gasteiger partial charge >= 0.3 is 30.8 Å². The maximum atomic E-state index is 10.2. The van der Waals surface area contributed by atoms with Crippen LogP contribution in [-0.4, -0.2) is 41.0 Å². The standard InChI is InChI=1S/C6H10O4.Li.H/c1-3(2)4(5(7)8)6(9)10;;/h3-4H,1-2H3,(H,7,8)(H,9,10);;. The second-order valence-electron chi connectivity index (χ2n) is 2.40. The molecule has 0 fully saturated rings. The Balaban J connectivity index is 0. The third-order valence-corrected chi connectivity index (χ3v) is 1.20.